The molecule has 0 radical (unpaired) electrons. The van der Waals surface area contributed by atoms with E-state index in [2.05, 4.69) is 5.32 Å². The third-order valence-corrected chi connectivity index (χ3v) is 4.34. The molecule has 2 fully saturated rings. The van der Waals surface area contributed by atoms with Crippen LogP contribution >= 0.6 is 0 Å². The number of nitrogens with one attached hydrogen (secondary N) is 1. The van der Waals surface area contributed by atoms with Crippen molar-refractivity contribution in [2.75, 3.05) is 6.61 Å². The minimum Gasteiger partial charge on any atom is -0.394 e. The summed E-state index contributed by atoms with van der Waals surface area (Å²) in [6.07, 6.45) is -12.3. The van der Waals surface area contributed by atoms with E-state index in [9.17, 15) is 35.4 Å². The van der Waals surface area contributed by atoms with E-state index < -0.39 is 73.9 Å². The second-order valence-electron chi connectivity index (χ2n) is 6.25. The Labute approximate surface area is 143 Å². The van der Waals surface area contributed by atoms with Crippen molar-refractivity contribution in [1.29, 1.82) is 0 Å². The molecule has 0 saturated carbocycles. The molecule has 7 N–H and O–H groups in total. The summed E-state index contributed by atoms with van der Waals surface area (Å²) in [5, 5.41) is 61.1. The number of hydrogen-bond acceptors (Lipinski definition) is 10. The van der Waals surface area contributed by atoms with Gasteiger partial charge in [-0.25, -0.2) is 0 Å². The van der Waals surface area contributed by atoms with Crippen molar-refractivity contribution in [2.45, 2.75) is 75.2 Å². The molecule has 11 nitrogen and oxygen atoms in total. The molecule has 2 aliphatic rings. The van der Waals surface area contributed by atoms with Crippen molar-refractivity contribution >= 4 is 5.91 Å². The second kappa shape index (κ2) is 8.20. The average molecular weight is 367 g/mol. The SMILES string of the molecule is CC(=O)N[C@H]1[C@H](O[C@H]2[C@@H](O)[C@H](O)C(O)O[C@H]2C)O[C@H](CO)[C@@H](O)[C@@H]1O. The molecule has 0 aromatic carbocycles. The predicted octanol–water partition coefficient (Wildman–Crippen LogP) is -4.23. The Balaban J connectivity index is 2.19. The summed E-state index contributed by atoms with van der Waals surface area (Å²) in [7, 11) is 0. The van der Waals surface area contributed by atoms with Gasteiger partial charge in [-0.3, -0.25) is 4.79 Å². The van der Waals surface area contributed by atoms with Gasteiger partial charge < -0.3 is 50.2 Å². The third kappa shape index (κ3) is 4.27. The van der Waals surface area contributed by atoms with Gasteiger partial charge in [0, 0.05) is 6.92 Å². The van der Waals surface area contributed by atoms with Crippen LogP contribution in [0.2, 0.25) is 0 Å². The smallest absolute Gasteiger partial charge is 0.217 e. The summed E-state index contributed by atoms with van der Waals surface area (Å²) >= 11 is 0. The number of amides is 1. The lowest BCUT2D eigenvalue weighted by Gasteiger charge is -2.46. The van der Waals surface area contributed by atoms with Crippen LogP contribution < -0.4 is 5.32 Å². The predicted molar refractivity (Wildman–Crippen MR) is 78.8 cm³/mol. The van der Waals surface area contributed by atoms with Gasteiger partial charge >= 0.3 is 0 Å². The molecule has 0 aliphatic carbocycles. The minimum absolute atomic E-state index is 0.528. The normalized spacial score (nSPS) is 48.2. The van der Waals surface area contributed by atoms with Gasteiger partial charge in [0.2, 0.25) is 5.91 Å². The monoisotopic (exact) mass is 367 g/mol. The Morgan fingerprint density at radius 2 is 1.68 bits per heavy atom. The summed E-state index contributed by atoms with van der Waals surface area (Å²) in [6, 6.07) is -1.20. The van der Waals surface area contributed by atoms with Crippen LogP contribution in [0, 0.1) is 0 Å². The highest BCUT2D eigenvalue weighted by atomic mass is 16.7. The van der Waals surface area contributed by atoms with Crippen LogP contribution in [0.25, 0.3) is 0 Å². The van der Waals surface area contributed by atoms with Gasteiger partial charge in [0.1, 0.15) is 42.7 Å². The number of carbonyl (C=O) groups is 1. The molecule has 0 bridgehead atoms. The standard InChI is InChI=1S/C14H25NO10/c1-4-12(10(20)11(21)13(22)23-4)25-14-7(15-5(2)17)9(19)8(18)6(3-16)24-14/h4,6-14,16,18-22H,3H2,1-2H3,(H,15,17)/t4-,6+,7+,8+,9+,10-,11-,12+,13?,14-/m0/s1. The molecule has 10 atom stereocenters. The fourth-order valence-electron chi connectivity index (χ4n) is 2.95. The Morgan fingerprint density at radius 1 is 1.04 bits per heavy atom. The van der Waals surface area contributed by atoms with E-state index in [0.29, 0.717) is 0 Å². The van der Waals surface area contributed by atoms with E-state index in [-0.39, 0.29) is 0 Å². The lowest BCUT2D eigenvalue weighted by atomic mass is 9.95. The molecular formula is C14H25NO10. The summed E-state index contributed by atoms with van der Waals surface area (Å²) in [5.74, 6) is -0.528. The maximum Gasteiger partial charge on any atom is 0.217 e. The first-order valence-corrected chi connectivity index (χ1v) is 7.92. The van der Waals surface area contributed by atoms with E-state index in [0.717, 1.165) is 0 Å². The number of aliphatic hydroxyl groups is 6. The topological polar surface area (TPSA) is 178 Å². The molecule has 0 spiro atoms. The highest BCUT2D eigenvalue weighted by molar-refractivity contribution is 5.73. The van der Waals surface area contributed by atoms with Crippen molar-refractivity contribution in [3.63, 3.8) is 0 Å². The Kier molecular flexibility index (Phi) is 6.70. The quantitative estimate of drug-likeness (QED) is 0.257. The van der Waals surface area contributed by atoms with Gasteiger partial charge in [-0.15, -0.1) is 0 Å². The Hall–Kier alpha value is -0.890. The minimum atomic E-state index is -1.63. The zero-order valence-corrected chi connectivity index (χ0v) is 13.8. The number of carbonyl (C=O) groups excluding carboxylic acids is 1. The Morgan fingerprint density at radius 3 is 2.24 bits per heavy atom. The molecule has 146 valence electrons. The summed E-state index contributed by atoms with van der Waals surface area (Å²) in [6.45, 7) is 2.05. The summed E-state index contributed by atoms with van der Waals surface area (Å²) in [5.41, 5.74) is 0. The van der Waals surface area contributed by atoms with E-state index >= 15 is 0 Å². The van der Waals surface area contributed by atoms with Gasteiger partial charge in [-0.2, -0.15) is 0 Å². The van der Waals surface area contributed by atoms with Crippen molar-refractivity contribution in [3.8, 4) is 0 Å². The fourth-order valence-corrected chi connectivity index (χ4v) is 2.95. The highest BCUT2D eigenvalue weighted by Gasteiger charge is 2.49. The molecule has 0 aromatic rings. The van der Waals surface area contributed by atoms with E-state index in [1.54, 1.807) is 0 Å². The van der Waals surface area contributed by atoms with Gasteiger partial charge in [-0.05, 0) is 6.92 Å². The van der Waals surface area contributed by atoms with Crippen LogP contribution in [0.5, 0.6) is 0 Å². The van der Waals surface area contributed by atoms with Crippen molar-refractivity contribution in [2.24, 2.45) is 0 Å². The van der Waals surface area contributed by atoms with Gasteiger partial charge in [0.05, 0.1) is 12.7 Å². The van der Waals surface area contributed by atoms with Crippen LogP contribution in [0.4, 0.5) is 0 Å². The van der Waals surface area contributed by atoms with Gasteiger partial charge in [-0.1, -0.05) is 0 Å². The molecule has 1 amide bonds. The van der Waals surface area contributed by atoms with Crippen molar-refractivity contribution in [3.05, 3.63) is 0 Å². The van der Waals surface area contributed by atoms with E-state index in [4.69, 9.17) is 14.2 Å². The molecule has 11 heteroatoms. The average Bonchev–Trinajstić information content (AvgIpc) is 2.55. The van der Waals surface area contributed by atoms with E-state index in [1.165, 1.54) is 13.8 Å². The fraction of sp³-hybridized carbons (Fsp3) is 0.929. The van der Waals surface area contributed by atoms with Crippen LogP contribution in [0.1, 0.15) is 13.8 Å². The number of ether oxygens (including phenoxy) is 3. The van der Waals surface area contributed by atoms with Crippen molar-refractivity contribution < 1.29 is 49.6 Å². The zero-order valence-electron chi connectivity index (χ0n) is 13.8. The maximum atomic E-state index is 11.4. The molecule has 2 aliphatic heterocycles. The Bertz CT molecular complexity index is 465. The third-order valence-electron chi connectivity index (χ3n) is 4.34. The lowest BCUT2D eigenvalue weighted by Crippen LogP contribution is -2.67. The van der Waals surface area contributed by atoms with Crippen LogP contribution in [-0.4, -0.2) is 105 Å². The van der Waals surface area contributed by atoms with Gasteiger partial charge in [0.15, 0.2) is 12.6 Å². The summed E-state index contributed by atoms with van der Waals surface area (Å²) in [4.78, 5) is 11.4. The maximum absolute atomic E-state index is 11.4. The molecule has 2 saturated heterocycles. The summed E-state index contributed by atoms with van der Waals surface area (Å²) < 4.78 is 16.0. The van der Waals surface area contributed by atoms with Crippen LogP contribution in [0.3, 0.4) is 0 Å². The molecule has 2 rings (SSSR count). The van der Waals surface area contributed by atoms with Crippen LogP contribution in [-0.2, 0) is 19.0 Å². The molecule has 0 aromatic heterocycles. The largest absolute Gasteiger partial charge is 0.394 e. The first-order chi connectivity index (χ1) is 11.7. The number of hydrogen-bond donors (Lipinski definition) is 7. The first kappa shape index (κ1) is 20.4. The molecule has 25 heavy (non-hydrogen) atoms. The number of rotatable bonds is 4. The van der Waals surface area contributed by atoms with E-state index in [1.807, 2.05) is 0 Å². The first-order valence-electron chi connectivity index (χ1n) is 7.92. The molecule has 1 unspecified atom stereocenters. The van der Waals surface area contributed by atoms with Gasteiger partial charge in [0.25, 0.3) is 0 Å². The van der Waals surface area contributed by atoms with Crippen LogP contribution in [0.15, 0.2) is 0 Å². The second-order valence-corrected chi connectivity index (χ2v) is 6.25. The highest BCUT2D eigenvalue weighted by Crippen LogP contribution is 2.28. The number of aliphatic hydroxyl groups excluding tert-OH is 6. The molecular weight excluding hydrogens is 342 g/mol. The zero-order chi connectivity index (χ0) is 18.9. The van der Waals surface area contributed by atoms with Crippen molar-refractivity contribution in [1.82, 2.24) is 5.32 Å². The lowest BCUT2D eigenvalue weighted by molar-refractivity contribution is -0.336. The molecule has 2 heterocycles.